The normalized spacial score (nSPS) is 11.3. The fourth-order valence-corrected chi connectivity index (χ4v) is 9.75. The predicted molar refractivity (Wildman–Crippen MR) is 315 cm³/mol. The lowest BCUT2D eigenvalue weighted by atomic mass is 10.0. The lowest BCUT2D eigenvalue weighted by Gasteiger charge is -2.12. The fraction of sp³-hybridized carbons (Fsp3) is 0.167. The number of hydrogen-bond donors (Lipinski definition) is 2. The maximum absolute atomic E-state index is 15.4. The highest BCUT2D eigenvalue weighted by Crippen LogP contribution is 2.31. The molecule has 0 unspecified atom stereocenters. The molecule has 456 valence electrons. The summed E-state index contributed by atoms with van der Waals surface area (Å²) in [5, 5.41) is 34.8. The smallest absolute Gasteiger partial charge is 0.335 e. The molecule has 0 aliphatic rings. The van der Waals surface area contributed by atoms with Crippen molar-refractivity contribution in [2.24, 2.45) is 0 Å². The first-order valence-corrected chi connectivity index (χ1v) is 27.7. The van der Waals surface area contributed by atoms with Crippen LogP contribution >= 0.6 is 23.2 Å². The molecule has 4 aromatic carbocycles. The second-order valence-electron chi connectivity index (χ2n) is 19.6. The number of halogens is 6. The first kappa shape index (κ1) is 61.0. The number of fused-ring (bicyclic) bond motifs is 2. The van der Waals surface area contributed by atoms with Gasteiger partial charge in [0.1, 0.15) is 48.1 Å². The maximum Gasteiger partial charge on any atom is 0.335 e. The van der Waals surface area contributed by atoms with Gasteiger partial charge in [-0.2, -0.15) is 9.97 Å². The van der Waals surface area contributed by atoms with Gasteiger partial charge in [-0.3, -0.25) is 0 Å². The molecule has 12 rings (SSSR count). The van der Waals surface area contributed by atoms with Crippen LogP contribution in [0.2, 0.25) is 10.0 Å². The van der Waals surface area contributed by atoms with Crippen LogP contribution in [-0.4, -0.2) is 129 Å². The number of aromatic nitrogens is 16. The van der Waals surface area contributed by atoms with E-state index in [0.29, 0.717) is 92.8 Å². The Morgan fingerprint density at radius 3 is 1.32 bits per heavy atom. The Balaban J connectivity index is 0.000000185. The second kappa shape index (κ2) is 27.2. The van der Waals surface area contributed by atoms with E-state index in [4.69, 9.17) is 42.1 Å². The van der Waals surface area contributed by atoms with Gasteiger partial charge in [0.05, 0.1) is 92.6 Å². The number of nitrogens with zero attached hydrogens (tertiary/aromatic N) is 16. The van der Waals surface area contributed by atoms with Gasteiger partial charge in [0, 0.05) is 99.3 Å². The van der Waals surface area contributed by atoms with Crippen molar-refractivity contribution in [3.05, 3.63) is 213 Å². The Kier molecular flexibility index (Phi) is 18.4. The third kappa shape index (κ3) is 13.7. The first-order valence-electron chi connectivity index (χ1n) is 26.9. The molecule has 12 aromatic rings. The number of imidazole rings is 2. The summed E-state index contributed by atoms with van der Waals surface area (Å²) >= 11 is 12.8. The van der Waals surface area contributed by atoms with Crippen LogP contribution in [-0.2, 0) is 48.6 Å². The Hall–Kier alpha value is -10.7. The van der Waals surface area contributed by atoms with E-state index >= 15 is 17.6 Å². The molecular formula is C60H46Cl2F4N16O8. The molecule has 0 fully saturated rings. The van der Waals surface area contributed by atoms with Gasteiger partial charge < -0.3 is 38.3 Å². The third-order valence-electron chi connectivity index (χ3n) is 13.8. The Labute approximate surface area is 516 Å². The molecule has 30 heteroatoms. The molecule has 0 saturated heterocycles. The maximum atomic E-state index is 15.4. The number of rotatable bonds is 22. The van der Waals surface area contributed by atoms with Crippen LogP contribution in [0.4, 0.5) is 17.6 Å². The topological polar surface area (TPSA) is 286 Å². The highest BCUT2D eigenvalue weighted by molar-refractivity contribution is 6.31. The average molecular weight is 1270 g/mol. The van der Waals surface area contributed by atoms with Crippen molar-refractivity contribution in [2.45, 2.75) is 39.1 Å². The molecule has 0 spiro atoms. The van der Waals surface area contributed by atoms with E-state index in [-0.39, 0.29) is 82.8 Å². The number of pyridine rings is 2. The van der Waals surface area contributed by atoms with Crippen LogP contribution < -0.4 is 9.47 Å². The minimum Gasteiger partial charge on any atom is -0.478 e. The molecule has 90 heavy (non-hydrogen) atoms. The largest absolute Gasteiger partial charge is 0.478 e. The van der Waals surface area contributed by atoms with Crippen LogP contribution in [0.5, 0.6) is 12.0 Å². The van der Waals surface area contributed by atoms with Gasteiger partial charge in [0.2, 0.25) is 0 Å². The Morgan fingerprint density at radius 2 is 0.944 bits per heavy atom. The van der Waals surface area contributed by atoms with Crippen LogP contribution in [0.3, 0.4) is 0 Å². The van der Waals surface area contributed by atoms with Gasteiger partial charge in [-0.15, -0.1) is 10.2 Å². The number of carboxylic acids is 2. The van der Waals surface area contributed by atoms with Crippen molar-refractivity contribution < 1.29 is 56.3 Å². The van der Waals surface area contributed by atoms with Crippen molar-refractivity contribution in [3.63, 3.8) is 0 Å². The summed E-state index contributed by atoms with van der Waals surface area (Å²) in [5.74, 6) is -3.13. The van der Waals surface area contributed by atoms with E-state index in [1.807, 2.05) is 0 Å². The lowest BCUT2D eigenvalue weighted by Crippen LogP contribution is -2.10. The highest BCUT2D eigenvalue weighted by Gasteiger charge is 2.22. The Bertz CT molecular complexity index is 4330. The fourth-order valence-electron chi connectivity index (χ4n) is 9.35. The molecule has 8 aromatic heterocycles. The molecule has 0 amide bonds. The summed E-state index contributed by atoms with van der Waals surface area (Å²) in [6, 6.07) is 19.3. The number of benzene rings is 4. The number of ether oxygens (including phenoxy) is 4. The van der Waals surface area contributed by atoms with Crippen LogP contribution in [0.15, 0.2) is 135 Å². The summed E-state index contributed by atoms with van der Waals surface area (Å²) in [4.78, 5) is 57.4. The third-order valence-corrected chi connectivity index (χ3v) is 14.5. The van der Waals surface area contributed by atoms with Gasteiger partial charge >= 0.3 is 24.0 Å². The molecule has 0 atom stereocenters. The first-order chi connectivity index (χ1) is 43.6. The zero-order valence-corrected chi connectivity index (χ0v) is 48.6. The molecule has 0 bridgehead atoms. The minimum absolute atomic E-state index is 0.0270. The van der Waals surface area contributed by atoms with Crippen molar-refractivity contribution in [1.29, 1.82) is 0 Å². The van der Waals surface area contributed by atoms with Gasteiger partial charge in [0.25, 0.3) is 0 Å². The zero-order valence-electron chi connectivity index (χ0n) is 47.1. The molecule has 0 aliphatic heterocycles. The summed E-state index contributed by atoms with van der Waals surface area (Å²) < 4.78 is 89.9. The Morgan fingerprint density at radius 1 is 0.511 bits per heavy atom. The van der Waals surface area contributed by atoms with Crippen LogP contribution in [0, 0.1) is 23.3 Å². The summed E-state index contributed by atoms with van der Waals surface area (Å²) in [5.41, 5.74) is 3.61. The van der Waals surface area contributed by atoms with Gasteiger partial charge in [-0.25, -0.2) is 66.4 Å². The number of hydrogen-bond acceptors (Lipinski definition) is 18. The van der Waals surface area contributed by atoms with E-state index in [2.05, 4.69) is 60.5 Å². The van der Waals surface area contributed by atoms with Crippen LogP contribution in [0.25, 0.3) is 56.2 Å². The molecule has 24 nitrogen and oxygen atoms in total. The van der Waals surface area contributed by atoms with E-state index in [1.54, 1.807) is 45.8 Å². The van der Waals surface area contributed by atoms with Gasteiger partial charge in [-0.1, -0.05) is 33.6 Å². The van der Waals surface area contributed by atoms with Crippen molar-refractivity contribution in [1.82, 2.24) is 79.0 Å². The summed E-state index contributed by atoms with van der Waals surface area (Å²) in [7, 11) is 3.06. The second-order valence-corrected chi connectivity index (χ2v) is 20.4. The standard InChI is InChI=1S/2C30H23ClF2N8O4/c2*1-44-9-8-40-26-11-17(29(42)43)2-3-25(26)37-28(40)12-18-10-23(33)20(13-22(18)32)24-4-5-34-30(38-24)45-16-19-15-35-27(14-21(19)31)41-7-6-36-39-41/h2*2-7,10-11,13-15H,8-9,12,16H2,1H3,(H,42,43). The van der Waals surface area contributed by atoms with E-state index in [1.165, 1.54) is 97.2 Å². The number of aromatic carboxylic acids is 2. The van der Waals surface area contributed by atoms with Gasteiger partial charge in [-0.05, 0) is 83.9 Å². The number of methoxy groups -OCH3 is 2. The highest BCUT2D eigenvalue weighted by atomic mass is 35.5. The quantitative estimate of drug-likeness (QED) is 0.0597. The molecule has 2 N–H and O–H groups in total. The molecule has 0 radical (unpaired) electrons. The molecule has 0 saturated carbocycles. The molecule has 0 aliphatic carbocycles. The predicted octanol–water partition coefficient (Wildman–Crippen LogP) is 9.83. The zero-order chi connectivity index (χ0) is 63.0. The SMILES string of the molecule is COCCn1c(Cc2cc(F)c(-c3ccnc(OCc4cnc(-n5ccnn5)cc4Cl)n3)cc2F)nc2ccc(C(=O)O)cc21.COCCn1c(Cc2cc(F)c(-c3ccnc(OCc4cnc(-n5ccnn5)cc4Cl)n3)cc2F)nc2ccc(C(=O)O)cc21. The van der Waals surface area contributed by atoms with E-state index in [0.717, 1.165) is 24.3 Å². The van der Waals surface area contributed by atoms with Crippen molar-refractivity contribution in [3.8, 4) is 46.2 Å². The van der Waals surface area contributed by atoms with Crippen LogP contribution in [0.1, 0.15) is 54.6 Å². The summed E-state index contributed by atoms with van der Waals surface area (Å²) in [6.07, 6.45) is 12.0. The average Bonchev–Trinajstić information content (AvgIpc) is 1.93. The van der Waals surface area contributed by atoms with Gasteiger partial charge in [0.15, 0.2) is 11.6 Å². The van der Waals surface area contributed by atoms with E-state index in [9.17, 15) is 19.8 Å². The van der Waals surface area contributed by atoms with Crippen molar-refractivity contribution in [2.75, 3.05) is 27.4 Å². The van der Waals surface area contributed by atoms with E-state index < -0.39 is 35.2 Å². The summed E-state index contributed by atoms with van der Waals surface area (Å²) in [6.45, 7) is 1.23. The van der Waals surface area contributed by atoms with Crippen molar-refractivity contribution >= 4 is 57.2 Å². The number of carbonyl (C=O) groups is 2. The molecule has 8 heterocycles. The molecular weight excluding hydrogens is 1220 g/mol. The minimum atomic E-state index is -1.08. The lowest BCUT2D eigenvalue weighted by molar-refractivity contribution is 0.0686. The number of carboxylic acid groups (broad SMARTS) is 2. The monoisotopic (exact) mass is 1260 g/mol.